The first kappa shape index (κ1) is 13.5. The first-order valence-electron chi connectivity index (χ1n) is 6.88. The maximum Gasteiger partial charge on any atom is 0.306 e. The summed E-state index contributed by atoms with van der Waals surface area (Å²) in [5.74, 6) is 1.91. The van der Waals surface area contributed by atoms with Crippen LogP contribution in [0.5, 0.6) is 11.5 Å². The molecule has 1 aromatic heterocycles. The molecule has 0 fully saturated rings. The van der Waals surface area contributed by atoms with Gasteiger partial charge < -0.3 is 18.6 Å². The molecule has 110 valence electrons. The number of aryl methyl sites for hydroxylation is 1. The number of carbonyl (C=O) groups is 1. The third-order valence-corrected chi connectivity index (χ3v) is 3.15. The Labute approximate surface area is 122 Å². The molecule has 21 heavy (non-hydrogen) atoms. The second-order valence-corrected chi connectivity index (χ2v) is 4.76. The van der Waals surface area contributed by atoms with Crippen molar-refractivity contribution in [2.24, 2.45) is 0 Å². The van der Waals surface area contributed by atoms with Crippen LogP contribution in [0.4, 0.5) is 0 Å². The zero-order valence-electron chi connectivity index (χ0n) is 11.5. The Kier molecular flexibility index (Phi) is 4.09. The lowest BCUT2D eigenvalue weighted by atomic mass is 10.2. The van der Waals surface area contributed by atoms with Crippen molar-refractivity contribution in [2.75, 3.05) is 13.2 Å². The number of fused-ring (bicyclic) bond motifs is 1. The summed E-state index contributed by atoms with van der Waals surface area (Å²) in [4.78, 5) is 11.7. The molecular formula is C16H16O5. The van der Waals surface area contributed by atoms with Crippen LogP contribution in [0.1, 0.15) is 12.2 Å². The molecule has 1 atom stereocenters. The standard InChI is InChI=1S/C16H16O5/c17-16(8-7-12-4-3-9-18-12)20-11-13-10-19-14-5-1-2-6-15(14)21-13/h1-6,9,13H,7-8,10-11H2. The third kappa shape index (κ3) is 3.56. The van der Waals surface area contributed by atoms with Gasteiger partial charge in [-0.2, -0.15) is 0 Å². The van der Waals surface area contributed by atoms with Crippen LogP contribution < -0.4 is 9.47 Å². The van der Waals surface area contributed by atoms with Gasteiger partial charge in [-0.1, -0.05) is 12.1 Å². The molecule has 1 unspecified atom stereocenters. The SMILES string of the molecule is O=C(CCc1ccco1)OCC1COc2ccccc2O1. The van der Waals surface area contributed by atoms with E-state index in [0.717, 1.165) is 11.5 Å². The quantitative estimate of drug-likeness (QED) is 0.791. The van der Waals surface area contributed by atoms with E-state index >= 15 is 0 Å². The molecule has 5 nitrogen and oxygen atoms in total. The van der Waals surface area contributed by atoms with Crippen LogP contribution in [0, 0.1) is 0 Å². The maximum absolute atomic E-state index is 11.7. The van der Waals surface area contributed by atoms with Gasteiger partial charge >= 0.3 is 5.97 Å². The zero-order chi connectivity index (χ0) is 14.5. The molecule has 5 heteroatoms. The fourth-order valence-corrected chi connectivity index (χ4v) is 2.08. The van der Waals surface area contributed by atoms with E-state index in [1.807, 2.05) is 30.3 Å². The molecule has 2 aromatic rings. The minimum atomic E-state index is -0.271. The molecule has 2 heterocycles. The Morgan fingerprint density at radius 3 is 2.86 bits per heavy atom. The third-order valence-electron chi connectivity index (χ3n) is 3.15. The molecule has 0 amide bonds. The van der Waals surface area contributed by atoms with E-state index in [0.29, 0.717) is 18.8 Å². The van der Waals surface area contributed by atoms with Gasteiger partial charge in [0.1, 0.15) is 19.0 Å². The van der Waals surface area contributed by atoms with Gasteiger partial charge in [-0.15, -0.1) is 0 Å². The number of furan rings is 1. The fraction of sp³-hybridized carbons (Fsp3) is 0.312. The molecule has 0 saturated carbocycles. The highest BCUT2D eigenvalue weighted by molar-refractivity contribution is 5.69. The largest absolute Gasteiger partial charge is 0.486 e. The molecule has 0 spiro atoms. The highest BCUT2D eigenvalue weighted by Gasteiger charge is 2.21. The van der Waals surface area contributed by atoms with Crippen molar-refractivity contribution in [1.29, 1.82) is 0 Å². The number of rotatable bonds is 5. The zero-order valence-corrected chi connectivity index (χ0v) is 11.5. The number of esters is 1. The van der Waals surface area contributed by atoms with Crippen molar-refractivity contribution < 1.29 is 23.4 Å². The van der Waals surface area contributed by atoms with E-state index in [-0.39, 0.29) is 25.1 Å². The van der Waals surface area contributed by atoms with Gasteiger partial charge in [0.2, 0.25) is 0 Å². The highest BCUT2D eigenvalue weighted by atomic mass is 16.6. The minimum Gasteiger partial charge on any atom is -0.486 e. The van der Waals surface area contributed by atoms with Gasteiger partial charge in [0, 0.05) is 6.42 Å². The molecule has 0 saturated heterocycles. The number of para-hydroxylation sites is 2. The molecular weight excluding hydrogens is 272 g/mol. The summed E-state index contributed by atoms with van der Waals surface area (Å²) in [5.41, 5.74) is 0. The van der Waals surface area contributed by atoms with Crippen LogP contribution in [-0.4, -0.2) is 25.3 Å². The van der Waals surface area contributed by atoms with E-state index < -0.39 is 0 Å². The van der Waals surface area contributed by atoms with Crippen molar-refractivity contribution in [3.05, 3.63) is 48.4 Å². The van der Waals surface area contributed by atoms with Crippen molar-refractivity contribution in [3.8, 4) is 11.5 Å². The maximum atomic E-state index is 11.7. The molecule has 0 N–H and O–H groups in total. The number of hydrogen-bond donors (Lipinski definition) is 0. The Balaban J connectivity index is 1.42. The summed E-state index contributed by atoms with van der Waals surface area (Å²) in [5, 5.41) is 0. The molecule has 1 aromatic carbocycles. The van der Waals surface area contributed by atoms with Crippen LogP contribution in [0.3, 0.4) is 0 Å². The summed E-state index contributed by atoms with van der Waals surface area (Å²) in [6.45, 7) is 0.563. The first-order valence-corrected chi connectivity index (χ1v) is 6.88. The topological polar surface area (TPSA) is 57.9 Å². The van der Waals surface area contributed by atoms with Gasteiger partial charge in [0.15, 0.2) is 17.6 Å². The van der Waals surface area contributed by atoms with E-state index in [1.165, 1.54) is 0 Å². The van der Waals surface area contributed by atoms with Crippen molar-refractivity contribution in [3.63, 3.8) is 0 Å². The smallest absolute Gasteiger partial charge is 0.306 e. The van der Waals surface area contributed by atoms with Crippen LogP contribution in [0.15, 0.2) is 47.1 Å². The highest BCUT2D eigenvalue weighted by Crippen LogP contribution is 2.30. The van der Waals surface area contributed by atoms with E-state index in [9.17, 15) is 4.79 Å². The summed E-state index contributed by atoms with van der Waals surface area (Å²) in [7, 11) is 0. The van der Waals surface area contributed by atoms with Gasteiger partial charge in [-0.05, 0) is 24.3 Å². The average molecular weight is 288 g/mol. The summed E-state index contributed by atoms with van der Waals surface area (Å²) in [6, 6.07) is 11.1. The summed E-state index contributed by atoms with van der Waals surface area (Å²) < 4.78 is 21.6. The monoisotopic (exact) mass is 288 g/mol. The van der Waals surface area contributed by atoms with Gasteiger partial charge in [-0.3, -0.25) is 4.79 Å². The summed E-state index contributed by atoms with van der Waals surface area (Å²) in [6.07, 6.45) is 2.15. The molecule has 0 aliphatic carbocycles. The number of ether oxygens (including phenoxy) is 3. The first-order chi connectivity index (χ1) is 10.3. The van der Waals surface area contributed by atoms with Gasteiger partial charge in [-0.25, -0.2) is 0 Å². The fourth-order valence-electron chi connectivity index (χ4n) is 2.08. The van der Waals surface area contributed by atoms with Crippen LogP contribution >= 0.6 is 0 Å². The molecule has 1 aliphatic rings. The van der Waals surface area contributed by atoms with Crippen LogP contribution in [0.25, 0.3) is 0 Å². The predicted octanol–water partition coefficient (Wildman–Crippen LogP) is 2.60. The van der Waals surface area contributed by atoms with Gasteiger partial charge in [0.25, 0.3) is 0 Å². The Morgan fingerprint density at radius 2 is 2.05 bits per heavy atom. The number of hydrogen-bond acceptors (Lipinski definition) is 5. The second-order valence-electron chi connectivity index (χ2n) is 4.76. The number of benzene rings is 1. The normalized spacial score (nSPS) is 16.5. The Bertz CT molecular complexity index is 590. The van der Waals surface area contributed by atoms with E-state index in [4.69, 9.17) is 18.6 Å². The lowest BCUT2D eigenvalue weighted by molar-refractivity contribution is -0.147. The minimum absolute atomic E-state index is 0.186. The van der Waals surface area contributed by atoms with Crippen LogP contribution in [-0.2, 0) is 16.0 Å². The predicted molar refractivity (Wildman–Crippen MR) is 74.3 cm³/mol. The molecule has 0 bridgehead atoms. The molecule has 0 radical (unpaired) electrons. The van der Waals surface area contributed by atoms with Crippen molar-refractivity contribution in [1.82, 2.24) is 0 Å². The summed E-state index contributed by atoms with van der Waals surface area (Å²) >= 11 is 0. The Hall–Kier alpha value is -2.43. The van der Waals surface area contributed by atoms with Crippen molar-refractivity contribution >= 4 is 5.97 Å². The van der Waals surface area contributed by atoms with Gasteiger partial charge in [0.05, 0.1) is 12.7 Å². The number of carbonyl (C=O) groups excluding carboxylic acids is 1. The second kappa shape index (κ2) is 6.35. The lowest BCUT2D eigenvalue weighted by Crippen LogP contribution is -2.34. The average Bonchev–Trinajstić information content (AvgIpc) is 3.04. The Morgan fingerprint density at radius 1 is 1.19 bits per heavy atom. The molecule has 1 aliphatic heterocycles. The van der Waals surface area contributed by atoms with Crippen LogP contribution in [0.2, 0.25) is 0 Å². The van der Waals surface area contributed by atoms with E-state index in [1.54, 1.807) is 12.3 Å². The lowest BCUT2D eigenvalue weighted by Gasteiger charge is -2.25. The molecule has 3 rings (SSSR count). The van der Waals surface area contributed by atoms with E-state index in [2.05, 4.69) is 0 Å². The van der Waals surface area contributed by atoms with Crippen molar-refractivity contribution in [2.45, 2.75) is 18.9 Å².